The molecule has 0 radical (unpaired) electrons. The highest BCUT2D eigenvalue weighted by Gasteiger charge is 2.13. The maximum Gasteiger partial charge on any atom is 0.270 e. The number of anilines is 1. The number of nitro groups is 1. The van der Waals surface area contributed by atoms with Gasteiger partial charge in [-0.05, 0) is 40.2 Å². The van der Waals surface area contributed by atoms with E-state index in [-0.39, 0.29) is 18.0 Å². The first kappa shape index (κ1) is 17.7. The molecule has 0 saturated heterocycles. The molecule has 0 aliphatic rings. The first-order valence-electron chi connectivity index (χ1n) is 6.89. The summed E-state index contributed by atoms with van der Waals surface area (Å²) in [6.45, 7) is 0.0336. The van der Waals surface area contributed by atoms with E-state index < -0.39 is 4.92 Å². The van der Waals surface area contributed by atoms with Crippen molar-refractivity contribution in [3.8, 4) is 11.5 Å². The summed E-state index contributed by atoms with van der Waals surface area (Å²) in [7, 11) is 3.02. The predicted molar refractivity (Wildman–Crippen MR) is 93.2 cm³/mol. The number of hydrogen-bond donors (Lipinski definition) is 1. The molecule has 0 heterocycles. The SMILES string of the molecule is COc1ccc(C(=O)CNc2ccc([N+](=O)[O-])cc2Br)cc1OC. The Morgan fingerprint density at radius 1 is 1.17 bits per heavy atom. The summed E-state index contributed by atoms with van der Waals surface area (Å²) in [6.07, 6.45) is 0. The maximum absolute atomic E-state index is 12.3. The Kier molecular flexibility index (Phi) is 5.75. The second-order valence-corrected chi connectivity index (χ2v) is 5.62. The van der Waals surface area contributed by atoms with Gasteiger partial charge in [0.1, 0.15) is 0 Å². The molecule has 0 unspecified atom stereocenters. The fraction of sp³-hybridized carbons (Fsp3) is 0.188. The number of non-ortho nitro benzene ring substituents is 1. The van der Waals surface area contributed by atoms with Gasteiger partial charge in [-0.15, -0.1) is 0 Å². The molecule has 0 spiro atoms. The molecule has 2 aromatic carbocycles. The Morgan fingerprint density at radius 2 is 1.88 bits per heavy atom. The summed E-state index contributed by atoms with van der Waals surface area (Å²) in [5.41, 5.74) is 1.03. The van der Waals surface area contributed by atoms with E-state index in [0.717, 1.165) is 0 Å². The molecule has 126 valence electrons. The van der Waals surface area contributed by atoms with Gasteiger partial charge in [0, 0.05) is 27.9 Å². The number of hydrogen-bond acceptors (Lipinski definition) is 6. The van der Waals surface area contributed by atoms with Gasteiger partial charge in [-0.2, -0.15) is 0 Å². The van der Waals surface area contributed by atoms with Gasteiger partial charge >= 0.3 is 0 Å². The average molecular weight is 395 g/mol. The fourth-order valence-corrected chi connectivity index (χ4v) is 2.56. The lowest BCUT2D eigenvalue weighted by atomic mass is 10.1. The molecule has 0 amide bonds. The molecule has 0 fully saturated rings. The van der Waals surface area contributed by atoms with E-state index in [2.05, 4.69) is 21.2 Å². The van der Waals surface area contributed by atoms with Gasteiger partial charge in [0.15, 0.2) is 17.3 Å². The summed E-state index contributed by atoms with van der Waals surface area (Å²) >= 11 is 3.25. The molecule has 0 aliphatic heterocycles. The number of nitrogens with zero attached hydrogens (tertiary/aromatic N) is 1. The van der Waals surface area contributed by atoms with E-state index in [1.165, 1.54) is 26.4 Å². The molecule has 0 aliphatic carbocycles. The van der Waals surface area contributed by atoms with Crippen molar-refractivity contribution in [3.05, 3.63) is 56.5 Å². The molecule has 0 bridgehead atoms. The van der Waals surface area contributed by atoms with E-state index in [1.807, 2.05) is 0 Å². The molecule has 24 heavy (non-hydrogen) atoms. The van der Waals surface area contributed by atoms with Crippen molar-refractivity contribution in [1.82, 2.24) is 0 Å². The van der Waals surface area contributed by atoms with Crippen molar-refractivity contribution < 1.29 is 19.2 Å². The van der Waals surface area contributed by atoms with Gasteiger partial charge < -0.3 is 14.8 Å². The lowest BCUT2D eigenvalue weighted by Crippen LogP contribution is -2.14. The van der Waals surface area contributed by atoms with Gasteiger partial charge in [-0.1, -0.05) is 0 Å². The number of halogens is 1. The number of Topliss-reactive ketones (excluding diaryl/α,β-unsaturated/α-hetero) is 1. The zero-order chi connectivity index (χ0) is 17.7. The van der Waals surface area contributed by atoms with E-state index in [9.17, 15) is 14.9 Å². The van der Waals surface area contributed by atoms with Crippen molar-refractivity contribution in [2.45, 2.75) is 0 Å². The minimum Gasteiger partial charge on any atom is -0.493 e. The van der Waals surface area contributed by atoms with Crippen molar-refractivity contribution >= 4 is 33.1 Å². The molecule has 0 atom stereocenters. The number of carbonyl (C=O) groups excluding carboxylic acids is 1. The first-order valence-corrected chi connectivity index (χ1v) is 7.68. The second kappa shape index (κ2) is 7.78. The van der Waals surface area contributed by atoms with Crippen LogP contribution in [-0.2, 0) is 0 Å². The van der Waals surface area contributed by atoms with Crippen molar-refractivity contribution in [3.63, 3.8) is 0 Å². The highest BCUT2D eigenvalue weighted by molar-refractivity contribution is 9.10. The molecule has 2 aromatic rings. The summed E-state index contributed by atoms with van der Waals surface area (Å²) in [5.74, 6) is 0.862. The van der Waals surface area contributed by atoms with Crippen LogP contribution in [0.1, 0.15) is 10.4 Å². The quantitative estimate of drug-likeness (QED) is 0.437. The van der Waals surface area contributed by atoms with Gasteiger partial charge in [0.2, 0.25) is 0 Å². The number of methoxy groups -OCH3 is 2. The predicted octanol–water partition coefficient (Wildman–Crippen LogP) is 3.67. The summed E-state index contributed by atoms with van der Waals surface area (Å²) in [4.78, 5) is 22.5. The number of ether oxygens (including phenoxy) is 2. The normalized spacial score (nSPS) is 10.1. The molecule has 2 rings (SSSR count). The Labute approximate surface area is 146 Å². The topological polar surface area (TPSA) is 90.7 Å². The third kappa shape index (κ3) is 4.02. The Balaban J connectivity index is 2.09. The van der Waals surface area contributed by atoms with Crippen molar-refractivity contribution in [1.29, 1.82) is 0 Å². The van der Waals surface area contributed by atoms with Gasteiger partial charge in [-0.25, -0.2) is 0 Å². The number of rotatable bonds is 7. The molecule has 7 nitrogen and oxygen atoms in total. The van der Waals surface area contributed by atoms with E-state index in [1.54, 1.807) is 24.3 Å². The van der Waals surface area contributed by atoms with Crippen LogP contribution in [0.3, 0.4) is 0 Å². The van der Waals surface area contributed by atoms with E-state index in [0.29, 0.717) is 27.2 Å². The standard InChI is InChI=1S/C16H15BrN2O5/c1-23-15-6-3-10(7-16(15)24-2)14(20)9-18-13-5-4-11(19(21)22)8-12(13)17/h3-8,18H,9H2,1-2H3. The molecular weight excluding hydrogens is 380 g/mol. The Hall–Kier alpha value is -2.61. The van der Waals surface area contributed by atoms with Crippen LogP contribution in [0.2, 0.25) is 0 Å². The maximum atomic E-state index is 12.3. The largest absolute Gasteiger partial charge is 0.493 e. The number of nitro benzene ring substituents is 1. The molecular formula is C16H15BrN2O5. The summed E-state index contributed by atoms with van der Waals surface area (Å²) in [6, 6.07) is 9.21. The number of carbonyl (C=O) groups is 1. The highest BCUT2D eigenvalue weighted by Crippen LogP contribution is 2.29. The average Bonchev–Trinajstić information content (AvgIpc) is 2.59. The van der Waals surface area contributed by atoms with Crippen LogP contribution in [0.5, 0.6) is 11.5 Å². The fourth-order valence-electron chi connectivity index (χ4n) is 2.05. The molecule has 8 heteroatoms. The van der Waals surface area contributed by atoms with Crippen molar-refractivity contribution in [2.75, 3.05) is 26.1 Å². The zero-order valence-electron chi connectivity index (χ0n) is 13.0. The highest BCUT2D eigenvalue weighted by atomic mass is 79.9. The number of ketones is 1. The Morgan fingerprint density at radius 3 is 2.46 bits per heavy atom. The monoisotopic (exact) mass is 394 g/mol. The minimum absolute atomic E-state index is 0.0290. The smallest absolute Gasteiger partial charge is 0.270 e. The van der Waals surface area contributed by atoms with Crippen LogP contribution in [-0.4, -0.2) is 31.5 Å². The zero-order valence-corrected chi connectivity index (χ0v) is 14.6. The summed E-state index contributed by atoms with van der Waals surface area (Å²) < 4.78 is 10.8. The van der Waals surface area contributed by atoms with E-state index >= 15 is 0 Å². The molecule has 1 N–H and O–H groups in total. The summed E-state index contributed by atoms with van der Waals surface area (Å²) in [5, 5.41) is 13.7. The van der Waals surface area contributed by atoms with E-state index in [4.69, 9.17) is 9.47 Å². The van der Waals surface area contributed by atoms with Crippen LogP contribution >= 0.6 is 15.9 Å². The molecule has 0 saturated carbocycles. The van der Waals surface area contributed by atoms with Gasteiger partial charge in [0.25, 0.3) is 5.69 Å². The van der Waals surface area contributed by atoms with Crippen LogP contribution in [0.25, 0.3) is 0 Å². The third-order valence-electron chi connectivity index (χ3n) is 3.31. The minimum atomic E-state index is -0.483. The molecule has 0 aromatic heterocycles. The first-order chi connectivity index (χ1) is 11.5. The van der Waals surface area contributed by atoms with Crippen LogP contribution in [0.15, 0.2) is 40.9 Å². The van der Waals surface area contributed by atoms with Crippen LogP contribution in [0.4, 0.5) is 11.4 Å². The second-order valence-electron chi connectivity index (χ2n) is 4.77. The number of nitrogens with one attached hydrogen (secondary N) is 1. The van der Waals surface area contributed by atoms with Crippen molar-refractivity contribution in [2.24, 2.45) is 0 Å². The Bertz CT molecular complexity index is 779. The lowest BCUT2D eigenvalue weighted by Gasteiger charge is -2.10. The lowest BCUT2D eigenvalue weighted by molar-refractivity contribution is -0.384. The number of benzene rings is 2. The van der Waals surface area contributed by atoms with Gasteiger partial charge in [-0.3, -0.25) is 14.9 Å². The van der Waals surface area contributed by atoms with Gasteiger partial charge in [0.05, 0.1) is 25.7 Å². The van der Waals surface area contributed by atoms with Crippen LogP contribution < -0.4 is 14.8 Å². The third-order valence-corrected chi connectivity index (χ3v) is 3.96. The van der Waals surface area contributed by atoms with Crippen LogP contribution in [0, 0.1) is 10.1 Å².